The molecular weight excluding hydrogens is 294 g/mol. The highest BCUT2D eigenvalue weighted by atomic mass is 16.5. The Morgan fingerprint density at radius 1 is 1.26 bits per heavy atom. The molecule has 5 heteroatoms. The van der Waals surface area contributed by atoms with Crippen LogP contribution in [0.2, 0.25) is 0 Å². The number of nitrogens with one attached hydrogen (secondary N) is 1. The summed E-state index contributed by atoms with van der Waals surface area (Å²) in [6, 6.07) is 7.65. The van der Waals surface area contributed by atoms with Gasteiger partial charge in [-0.2, -0.15) is 0 Å². The second-order valence-corrected chi connectivity index (χ2v) is 5.46. The summed E-state index contributed by atoms with van der Waals surface area (Å²) in [6.07, 6.45) is 7.24. The minimum atomic E-state index is -0.544. The van der Waals surface area contributed by atoms with E-state index in [2.05, 4.69) is 5.32 Å². The van der Waals surface area contributed by atoms with Crippen molar-refractivity contribution in [3.63, 3.8) is 0 Å². The first kappa shape index (κ1) is 17.1. The van der Waals surface area contributed by atoms with E-state index in [1.807, 2.05) is 31.2 Å². The highest BCUT2D eigenvalue weighted by molar-refractivity contribution is 5.89. The Balaban J connectivity index is 1.78. The lowest BCUT2D eigenvalue weighted by Gasteiger charge is -2.11. The minimum Gasteiger partial charge on any atom is -0.493 e. The highest BCUT2D eigenvalue weighted by Crippen LogP contribution is 2.19. The Morgan fingerprint density at radius 2 is 2.00 bits per heavy atom. The molecule has 0 spiro atoms. The maximum absolute atomic E-state index is 11.7. The van der Waals surface area contributed by atoms with Gasteiger partial charge in [0, 0.05) is 17.7 Å². The van der Waals surface area contributed by atoms with Crippen molar-refractivity contribution < 1.29 is 19.1 Å². The van der Waals surface area contributed by atoms with E-state index in [-0.39, 0.29) is 18.6 Å². The summed E-state index contributed by atoms with van der Waals surface area (Å²) < 4.78 is 10.4. The van der Waals surface area contributed by atoms with Crippen LogP contribution in [0.3, 0.4) is 0 Å². The molecule has 0 unspecified atom stereocenters. The first-order valence-corrected chi connectivity index (χ1v) is 8.05. The van der Waals surface area contributed by atoms with Gasteiger partial charge < -0.3 is 14.8 Å². The molecule has 0 heterocycles. The van der Waals surface area contributed by atoms with Crippen molar-refractivity contribution in [2.75, 3.05) is 13.2 Å². The zero-order valence-corrected chi connectivity index (χ0v) is 13.4. The van der Waals surface area contributed by atoms with E-state index in [1.54, 1.807) is 6.08 Å². The van der Waals surface area contributed by atoms with Gasteiger partial charge in [0.05, 0.1) is 6.61 Å². The third kappa shape index (κ3) is 5.77. The maximum Gasteiger partial charge on any atom is 0.331 e. The summed E-state index contributed by atoms with van der Waals surface area (Å²) in [4.78, 5) is 23.4. The van der Waals surface area contributed by atoms with Gasteiger partial charge in [-0.05, 0) is 31.9 Å². The van der Waals surface area contributed by atoms with Gasteiger partial charge in [0.1, 0.15) is 5.75 Å². The van der Waals surface area contributed by atoms with Crippen LogP contribution < -0.4 is 10.1 Å². The van der Waals surface area contributed by atoms with Crippen LogP contribution >= 0.6 is 0 Å². The molecule has 1 N–H and O–H groups in total. The fourth-order valence-electron chi connectivity index (χ4n) is 2.59. The van der Waals surface area contributed by atoms with Crippen LogP contribution in [-0.2, 0) is 14.3 Å². The van der Waals surface area contributed by atoms with Gasteiger partial charge >= 0.3 is 5.97 Å². The number of amides is 1. The largest absolute Gasteiger partial charge is 0.493 e. The standard InChI is InChI=1S/C18H23NO4/c1-2-22-16-10-6-3-7-14(16)11-12-18(21)23-13-17(20)19-15-8-4-5-9-15/h3,6-7,10-12,15H,2,4-5,8-9,13H2,1H3,(H,19,20)/b12-11+. The smallest absolute Gasteiger partial charge is 0.331 e. The number of hydrogen-bond acceptors (Lipinski definition) is 4. The molecule has 1 fully saturated rings. The zero-order chi connectivity index (χ0) is 16.5. The second kappa shape index (κ2) is 8.98. The lowest BCUT2D eigenvalue weighted by molar-refractivity contribution is -0.144. The van der Waals surface area contributed by atoms with Crippen LogP contribution in [0.25, 0.3) is 6.08 Å². The molecule has 0 aromatic heterocycles. The summed E-state index contributed by atoms with van der Waals surface area (Å²) in [7, 11) is 0. The lowest BCUT2D eigenvalue weighted by atomic mass is 10.2. The van der Waals surface area contributed by atoms with E-state index < -0.39 is 5.97 Å². The summed E-state index contributed by atoms with van der Waals surface area (Å²) in [5.74, 6) is -0.0794. The molecule has 1 aromatic rings. The molecule has 1 amide bonds. The van der Waals surface area contributed by atoms with Gasteiger partial charge in [0.2, 0.25) is 0 Å². The van der Waals surface area contributed by atoms with Crippen molar-refractivity contribution >= 4 is 18.0 Å². The predicted octanol–water partition coefficient (Wildman–Crippen LogP) is 2.70. The Morgan fingerprint density at radius 3 is 2.74 bits per heavy atom. The van der Waals surface area contributed by atoms with Crippen LogP contribution in [0.4, 0.5) is 0 Å². The average molecular weight is 317 g/mol. The van der Waals surface area contributed by atoms with Gasteiger partial charge in [0.15, 0.2) is 6.61 Å². The third-order valence-corrected chi connectivity index (χ3v) is 3.68. The molecule has 0 radical (unpaired) electrons. The summed E-state index contributed by atoms with van der Waals surface area (Å²) in [5.41, 5.74) is 0.793. The molecule has 5 nitrogen and oxygen atoms in total. The fourth-order valence-corrected chi connectivity index (χ4v) is 2.59. The topological polar surface area (TPSA) is 64.6 Å². The SMILES string of the molecule is CCOc1ccccc1/C=C/C(=O)OCC(=O)NC1CCCC1. The molecule has 0 bridgehead atoms. The number of rotatable bonds is 7. The van der Waals surface area contributed by atoms with Crippen molar-refractivity contribution in [3.05, 3.63) is 35.9 Å². The third-order valence-electron chi connectivity index (χ3n) is 3.68. The Kier molecular flexibility index (Phi) is 6.66. The first-order chi connectivity index (χ1) is 11.2. The van der Waals surface area contributed by atoms with Gasteiger partial charge in [-0.1, -0.05) is 31.0 Å². The van der Waals surface area contributed by atoms with Crippen LogP contribution in [0.1, 0.15) is 38.2 Å². The molecule has 1 aliphatic rings. The molecule has 1 saturated carbocycles. The zero-order valence-electron chi connectivity index (χ0n) is 13.4. The number of carbonyl (C=O) groups excluding carboxylic acids is 2. The van der Waals surface area contributed by atoms with E-state index in [9.17, 15) is 9.59 Å². The molecule has 2 rings (SSSR count). The van der Waals surface area contributed by atoms with Crippen molar-refractivity contribution in [2.24, 2.45) is 0 Å². The Bertz CT molecular complexity index is 562. The van der Waals surface area contributed by atoms with E-state index >= 15 is 0 Å². The molecule has 1 aliphatic carbocycles. The summed E-state index contributed by atoms with van der Waals surface area (Å²) in [6.45, 7) is 2.21. The van der Waals surface area contributed by atoms with E-state index in [4.69, 9.17) is 9.47 Å². The number of para-hydroxylation sites is 1. The molecule has 23 heavy (non-hydrogen) atoms. The van der Waals surface area contributed by atoms with Crippen LogP contribution in [0, 0.1) is 0 Å². The lowest BCUT2D eigenvalue weighted by Crippen LogP contribution is -2.35. The predicted molar refractivity (Wildman–Crippen MR) is 88.0 cm³/mol. The molecule has 0 atom stereocenters. The number of carbonyl (C=O) groups is 2. The maximum atomic E-state index is 11.7. The number of esters is 1. The van der Waals surface area contributed by atoms with Crippen LogP contribution in [0.15, 0.2) is 30.3 Å². The quantitative estimate of drug-likeness (QED) is 0.620. The second-order valence-electron chi connectivity index (χ2n) is 5.46. The van der Waals surface area contributed by atoms with E-state index in [0.29, 0.717) is 12.4 Å². The van der Waals surface area contributed by atoms with Crippen LogP contribution in [0.5, 0.6) is 5.75 Å². The highest BCUT2D eigenvalue weighted by Gasteiger charge is 2.17. The van der Waals surface area contributed by atoms with Gasteiger partial charge in [-0.25, -0.2) is 4.79 Å². The van der Waals surface area contributed by atoms with E-state index in [0.717, 1.165) is 31.2 Å². The first-order valence-electron chi connectivity index (χ1n) is 8.05. The molecule has 124 valence electrons. The van der Waals surface area contributed by atoms with Crippen LogP contribution in [-0.4, -0.2) is 31.1 Å². The monoisotopic (exact) mass is 317 g/mol. The Labute approximate surface area is 136 Å². The van der Waals surface area contributed by atoms with Crippen molar-refractivity contribution in [1.29, 1.82) is 0 Å². The van der Waals surface area contributed by atoms with Crippen molar-refractivity contribution in [3.8, 4) is 5.75 Å². The number of ether oxygens (including phenoxy) is 2. The summed E-state index contributed by atoms with van der Waals surface area (Å²) in [5, 5.41) is 2.87. The van der Waals surface area contributed by atoms with E-state index in [1.165, 1.54) is 6.08 Å². The van der Waals surface area contributed by atoms with Crippen molar-refractivity contribution in [1.82, 2.24) is 5.32 Å². The number of benzene rings is 1. The Hall–Kier alpha value is -2.30. The molecule has 1 aromatic carbocycles. The average Bonchev–Trinajstić information content (AvgIpc) is 3.05. The van der Waals surface area contributed by atoms with Gasteiger partial charge in [-0.15, -0.1) is 0 Å². The summed E-state index contributed by atoms with van der Waals surface area (Å²) >= 11 is 0. The normalized spacial score (nSPS) is 14.8. The molecular formula is C18H23NO4. The fraction of sp³-hybridized carbons (Fsp3) is 0.444. The van der Waals surface area contributed by atoms with Gasteiger partial charge in [-0.3, -0.25) is 4.79 Å². The van der Waals surface area contributed by atoms with Gasteiger partial charge in [0.25, 0.3) is 5.91 Å². The molecule has 0 saturated heterocycles. The minimum absolute atomic E-state index is 0.231. The molecule has 0 aliphatic heterocycles. The van der Waals surface area contributed by atoms with Crippen molar-refractivity contribution in [2.45, 2.75) is 38.6 Å². The number of hydrogen-bond donors (Lipinski definition) is 1.